The summed E-state index contributed by atoms with van der Waals surface area (Å²) >= 11 is 6.36. The lowest BCUT2D eigenvalue weighted by Gasteiger charge is -2.32. The van der Waals surface area contributed by atoms with E-state index >= 15 is 0 Å². The molecule has 202 valence electrons. The maximum Gasteiger partial charge on any atom is 0.264 e. The van der Waals surface area contributed by atoms with Crippen LogP contribution in [-0.4, -0.2) is 51.4 Å². The zero-order valence-corrected chi connectivity index (χ0v) is 23.4. The third-order valence-electron chi connectivity index (χ3n) is 6.07. The van der Waals surface area contributed by atoms with E-state index in [1.54, 1.807) is 74.5 Å². The largest absolute Gasteiger partial charge is 0.497 e. The van der Waals surface area contributed by atoms with E-state index in [0.29, 0.717) is 22.9 Å². The highest BCUT2D eigenvalue weighted by atomic mass is 35.5. The Balaban J connectivity index is 2.04. The molecule has 8 nitrogen and oxygen atoms in total. The molecule has 3 aromatic rings. The van der Waals surface area contributed by atoms with Gasteiger partial charge in [-0.3, -0.25) is 13.9 Å². The second kappa shape index (κ2) is 12.8. The van der Waals surface area contributed by atoms with Crippen LogP contribution in [0.3, 0.4) is 0 Å². The highest BCUT2D eigenvalue weighted by Gasteiger charge is 2.32. The molecule has 3 aromatic carbocycles. The molecule has 0 radical (unpaired) electrons. The van der Waals surface area contributed by atoms with E-state index in [0.717, 1.165) is 9.87 Å². The lowest BCUT2D eigenvalue weighted by molar-refractivity contribution is -0.139. The van der Waals surface area contributed by atoms with Crippen LogP contribution >= 0.6 is 11.6 Å². The van der Waals surface area contributed by atoms with Gasteiger partial charge in [-0.1, -0.05) is 47.5 Å². The molecule has 0 fully saturated rings. The predicted molar refractivity (Wildman–Crippen MR) is 149 cm³/mol. The SMILES string of the molecule is CCNC(=O)[C@H](C)N(Cc1ccccc1Cl)C(=O)CN(c1ccc(OC)cc1)S(=O)(=O)c1ccc(C)cc1. The zero-order chi connectivity index (χ0) is 27.9. The molecule has 0 aliphatic carbocycles. The molecular weight excluding hydrogens is 526 g/mol. The van der Waals surface area contributed by atoms with Crippen molar-refractivity contribution < 1.29 is 22.7 Å². The first-order valence-corrected chi connectivity index (χ1v) is 13.9. The topological polar surface area (TPSA) is 96.0 Å². The number of nitrogens with zero attached hydrogens (tertiary/aromatic N) is 2. The molecule has 0 saturated carbocycles. The van der Waals surface area contributed by atoms with Crippen molar-refractivity contribution in [1.82, 2.24) is 10.2 Å². The second-order valence-corrected chi connectivity index (χ2v) is 11.0. The third kappa shape index (κ3) is 6.85. The number of hydrogen-bond acceptors (Lipinski definition) is 5. The first-order chi connectivity index (χ1) is 18.1. The number of halogens is 1. The summed E-state index contributed by atoms with van der Waals surface area (Å²) in [5.74, 6) is -0.376. The molecule has 3 rings (SSSR count). The Kier molecular flexibility index (Phi) is 9.77. The minimum atomic E-state index is -4.14. The van der Waals surface area contributed by atoms with Crippen LogP contribution in [0.4, 0.5) is 5.69 Å². The number of carbonyl (C=O) groups is 2. The molecule has 0 unspecified atom stereocenters. The first-order valence-electron chi connectivity index (χ1n) is 12.1. The molecule has 0 aromatic heterocycles. The monoisotopic (exact) mass is 557 g/mol. The molecule has 1 atom stereocenters. The Hall–Kier alpha value is -3.56. The average molecular weight is 558 g/mol. The van der Waals surface area contributed by atoms with Crippen LogP contribution in [0.2, 0.25) is 5.02 Å². The van der Waals surface area contributed by atoms with Crippen molar-refractivity contribution in [3.05, 3.63) is 88.9 Å². The number of aryl methyl sites for hydroxylation is 1. The van der Waals surface area contributed by atoms with Gasteiger partial charge < -0.3 is 15.0 Å². The summed E-state index contributed by atoms with van der Waals surface area (Å²) in [5.41, 5.74) is 1.82. The highest BCUT2D eigenvalue weighted by molar-refractivity contribution is 7.92. The predicted octanol–water partition coefficient (Wildman–Crippen LogP) is 4.41. The van der Waals surface area contributed by atoms with Crippen molar-refractivity contribution in [3.8, 4) is 5.75 Å². The Morgan fingerprint density at radius 1 is 1.00 bits per heavy atom. The second-order valence-electron chi connectivity index (χ2n) is 8.71. The number of anilines is 1. The summed E-state index contributed by atoms with van der Waals surface area (Å²) in [4.78, 5) is 28.0. The van der Waals surface area contributed by atoms with Crippen molar-refractivity contribution in [2.75, 3.05) is 24.5 Å². The van der Waals surface area contributed by atoms with E-state index in [2.05, 4.69) is 5.32 Å². The fourth-order valence-electron chi connectivity index (χ4n) is 3.83. The van der Waals surface area contributed by atoms with E-state index in [-0.39, 0.29) is 23.0 Å². The van der Waals surface area contributed by atoms with Crippen LogP contribution in [0, 0.1) is 6.92 Å². The van der Waals surface area contributed by atoms with Gasteiger partial charge >= 0.3 is 0 Å². The molecule has 0 bridgehead atoms. The number of amides is 2. The normalized spacial score (nSPS) is 11.9. The summed E-state index contributed by atoms with van der Waals surface area (Å²) in [5, 5.41) is 3.17. The van der Waals surface area contributed by atoms with Gasteiger partial charge in [-0.2, -0.15) is 0 Å². The molecule has 0 spiro atoms. The molecule has 38 heavy (non-hydrogen) atoms. The number of methoxy groups -OCH3 is 1. The number of nitrogens with one attached hydrogen (secondary N) is 1. The van der Waals surface area contributed by atoms with Crippen molar-refractivity contribution in [2.24, 2.45) is 0 Å². The van der Waals surface area contributed by atoms with Gasteiger partial charge in [0.05, 0.1) is 17.7 Å². The van der Waals surface area contributed by atoms with Crippen LogP contribution in [0.15, 0.2) is 77.7 Å². The molecule has 0 heterocycles. The van der Waals surface area contributed by atoms with Crippen LogP contribution in [0.5, 0.6) is 5.75 Å². The minimum absolute atomic E-state index is 0.0256. The number of likely N-dealkylation sites (N-methyl/N-ethyl adjacent to an activating group) is 1. The van der Waals surface area contributed by atoms with Gasteiger partial charge in [0.15, 0.2) is 0 Å². The third-order valence-corrected chi connectivity index (χ3v) is 8.22. The number of rotatable bonds is 11. The van der Waals surface area contributed by atoms with Crippen LogP contribution in [-0.2, 0) is 26.2 Å². The minimum Gasteiger partial charge on any atom is -0.497 e. The molecule has 0 saturated heterocycles. The Morgan fingerprint density at radius 2 is 1.63 bits per heavy atom. The summed E-state index contributed by atoms with van der Waals surface area (Å²) < 4.78 is 33.9. The van der Waals surface area contributed by atoms with Crippen LogP contribution < -0.4 is 14.4 Å². The Bertz CT molecular complexity index is 1360. The number of ether oxygens (including phenoxy) is 1. The maximum atomic E-state index is 13.8. The van der Waals surface area contributed by atoms with Gasteiger partial charge in [0.1, 0.15) is 18.3 Å². The van der Waals surface area contributed by atoms with Gasteiger partial charge in [-0.05, 0) is 68.8 Å². The van der Waals surface area contributed by atoms with Crippen molar-refractivity contribution in [3.63, 3.8) is 0 Å². The maximum absolute atomic E-state index is 13.8. The Morgan fingerprint density at radius 3 is 2.21 bits per heavy atom. The number of sulfonamides is 1. The lowest BCUT2D eigenvalue weighted by atomic mass is 10.1. The van der Waals surface area contributed by atoms with E-state index < -0.39 is 28.5 Å². The summed E-state index contributed by atoms with van der Waals surface area (Å²) in [6.07, 6.45) is 0. The van der Waals surface area contributed by atoms with E-state index in [4.69, 9.17) is 16.3 Å². The molecule has 0 aliphatic heterocycles. The van der Waals surface area contributed by atoms with E-state index in [9.17, 15) is 18.0 Å². The first kappa shape index (κ1) is 29.0. The molecule has 2 amide bonds. The zero-order valence-electron chi connectivity index (χ0n) is 21.8. The van der Waals surface area contributed by atoms with Crippen molar-refractivity contribution in [2.45, 2.75) is 38.3 Å². The number of benzene rings is 3. The van der Waals surface area contributed by atoms with E-state index in [1.165, 1.54) is 24.1 Å². The molecule has 0 aliphatic rings. The highest BCUT2D eigenvalue weighted by Crippen LogP contribution is 2.27. The van der Waals surface area contributed by atoms with Crippen molar-refractivity contribution in [1.29, 1.82) is 0 Å². The van der Waals surface area contributed by atoms with Gasteiger partial charge in [0.2, 0.25) is 11.8 Å². The molecule has 1 N–H and O–H groups in total. The molecular formula is C28H32ClN3O5S. The lowest BCUT2D eigenvalue weighted by Crippen LogP contribution is -2.51. The molecule has 10 heteroatoms. The standard InChI is InChI=1S/C28H32ClN3O5S/c1-5-30-28(34)21(3)31(18-22-8-6-7-9-26(22)29)27(33)19-32(23-12-14-24(37-4)15-13-23)38(35,36)25-16-10-20(2)11-17-25/h6-17,21H,5,18-19H2,1-4H3,(H,30,34)/t21-/m0/s1. The smallest absolute Gasteiger partial charge is 0.264 e. The summed E-state index contributed by atoms with van der Waals surface area (Å²) in [7, 11) is -2.63. The van der Waals surface area contributed by atoms with Gasteiger partial charge in [-0.15, -0.1) is 0 Å². The van der Waals surface area contributed by atoms with Gasteiger partial charge in [0, 0.05) is 18.1 Å². The van der Waals surface area contributed by atoms with Crippen LogP contribution in [0.1, 0.15) is 25.0 Å². The summed E-state index contributed by atoms with van der Waals surface area (Å²) in [6, 6.07) is 18.9. The van der Waals surface area contributed by atoms with Gasteiger partial charge in [-0.25, -0.2) is 8.42 Å². The summed E-state index contributed by atoms with van der Waals surface area (Å²) in [6.45, 7) is 5.12. The Labute approximate surface area is 229 Å². The van der Waals surface area contributed by atoms with Crippen LogP contribution in [0.25, 0.3) is 0 Å². The number of hydrogen-bond donors (Lipinski definition) is 1. The fraction of sp³-hybridized carbons (Fsp3) is 0.286. The number of carbonyl (C=O) groups excluding carboxylic acids is 2. The average Bonchev–Trinajstić information content (AvgIpc) is 2.91. The van der Waals surface area contributed by atoms with E-state index in [1.807, 2.05) is 6.92 Å². The fourth-order valence-corrected chi connectivity index (χ4v) is 5.44. The van der Waals surface area contributed by atoms with Crippen molar-refractivity contribution >= 4 is 39.1 Å². The quantitative estimate of drug-likeness (QED) is 0.377. The van der Waals surface area contributed by atoms with Gasteiger partial charge in [0.25, 0.3) is 10.0 Å².